The molecule has 0 spiro atoms. The molecule has 1 aromatic heterocycles. The van der Waals surface area contributed by atoms with Crippen LogP contribution in [0, 0.1) is 0 Å². The normalized spacial score (nSPS) is 14.0. The summed E-state index contributed by atoms with van der Waals surface area (Å²) in [5.74, 6) is 0.781. The number of benzene rings is 1. The summed E-state index contributed by atoms with van der Waals surface area (Å²) in [6, 6.07) is 10.7. The van der Waals surface area contributed by atoms with Gasteiger partial charge >= 0.3 is 6.03 Å². The van der Waals surface area contributed by atoms with E-state index in [1.54, 1.807) is 30.3 Å². The molecule has 25 heavy (non-hydrogen) atoms. The number of aromatic hydroxyl groups is 1. The van der Waals surface area contributed by atoms with Crippen LogP contribution in [0.1, 0.15) is 17.5 Å². The number of phenols is 1. The summed E-state index contributed by atoms with van der Waals surface area (Å²) in [5.41, 5.74) is 3.12. The van der Waals surface area contributed by atoms with Crippen molar-refractivity contribution in [3.05, 3.63) is 59.8 Å². The van der Waals surface area contributed by atoms with E-state index in [-0.39, 0.29) is 11.8 Å². The molecule has 0 saturated carbocycles. The molecule has 3 rings (SSSR count). The third kappa shape index (κ3) is 4.09. The number of methoxy groups -OCH3 is 1. The first-order valence-corrected chi connectivity index (χ1v) is 8.16. The molecule has 2 aromatic rings. The molecule has 1 aliphatic heterocycles. The molecule has 0 aliphatic carbocycles. The van der Waals surface area contributed by atoms with Crippen LogP contribution in [0.2, 0.25) is 0 Å². The number of carbonyl (C=O) groups excluding carboxylic acids is 1. The van der Waals surface area contributed by atoms with E-state index in [9.17, 15) is 9.90 Å². The number of nitrogens with one attached hydrogen (secondary N) is 1. The van der Waals surface area contributed by atoms with Gasteiger partial charge in [-0.15, -0.1) is 0 Å². The van der Waals surface area contributed by atoms with E-state index < -0.39 is 0 Å². The molecule has 2 heterocycles. The predicted octanol–water partition coefficient (Wildman–Crippen LogP) is 2.79. The van der Waals surface area contributed by atoms with E-state index in [1.165, 1.54) is 5.57 Å². The van der Waals surface area contributed by atoms with Gasteiger partial charge < -0.3 is 20.1 Å². The highest BCUT2D eigenvalue weighted by Crippen LogP contribution is 2.24. The Morgan fingerprint density at radius 1 is 1.32 bits per heavy atom. The fourth-order valence-corrected chi connectivity index (χ4v) is 2.82. The maximum atomic E-state index is 12.4. The van der Waals surface area contributed by atoms with Gasteiger partial charge in [-0.05, 0) is 35.8 Å². The first kappa shape index (κ1) is 16.8. The molecule has 6 nitrogen and oxygen atoms in total. The fourth-order valence-electron chi connectivity index (χ4n) is 2.82. The quantitative estimate of drug-likeness (QED) is 0.898. The largest absolute Gasteiger partial charge is 0.508 e. The first-order valence-electron chi connectivity index (χ1n) is 8.16. The summed E-state index contributed by atoms with van der Waals surface area (Å²) in [5, 5.41) is 12.3. The maximum Gasteiger partial charge on any atom is 0.317 e. The van der Waals surface area contributed by atoms with Crippen molar-refractivity contribution in [1.29, 1.82) is 0 Å². The van der Waals surface area contributed by atoms with Gasteiger partial charge in [0, 0.05) is 31.4 Å². The minimum Gasteiger partial charge on any atom is -0.508 e. The lowest BCUT2D eigenvalue weighted by molar-refractivity contribution is 0.202. The average molecular weight is 339 g/mol. The molecule has 1 aliphatic rings. The number of ether oxygens (including phenoxy) is 1. The van der Waals surface area contributed by atoms with Gasteiger partial charge in [-0.1, -0.05) is 24.3 Å². The van der Waals surface area contributed by atoms with Crippen molar-refractivity contribution in [3.63, 3.8) is 0 Å². The Morgan fingerprint density at radius 3 is 2.80 bits per heavy atom. The SMILES string of the molecule is COc1ncccc1CNC(=O)N1CC=C(c2ccc(O)cc2)CC1. The number of aromatic nitrogens is 1. The van der Waals surface area contributed by atoms with E-state index in [0.29, 0.717) is 25.5 Å². The summed E-state index contributed by atoms with van der Waals surface area (Å²) in [6.07, 6.45) is 4.50. The molecule has 0 radical (unpaired) electrons. The van der Waals surface area contributed by atoms with Crippen LogP contribution in [0.4, 0.5) is 4.79 Å². The van der Waals surface area contributed by atoms with Crippen molar-refractivity contribution in [2.75, 3.05) is 20.2 Å². The molecular weight excluding hydrogens is 318 g/mol. The molecular formula is C19H21N3O3. The Hall–Kier alpha value is -3.02. The summed E-state index contributed by atoms with van der Waals surface area (Å²) in [7, 11) is 1.56. The Labute approximate surface area is 146 Å². The number of rotatable bonds is 4. The first-order chi connectivity index (χ1) is 12.2. The minimum atomic E-state index is -0.105. The lowest BCUT2D eigenvalue weighted by atomic mass is 9.99. The monoisotopic (exact) mass is 339 g/mol. The van der Waals surface area contributed by atoms with E-state index in [2.05, 4.69) is 16.4 Å². The molecule has 0 atom stereocenters. The van der Waals surface area contributed by atoms with Gasteiger partial charge in [0.2, 0.25) is 5.88 Å². The number of hydrogen-bond acceptors (Lipinski definition) is 4. The fraction of sp³-hybridized carbons (Fsp3) is 0.263. The van der Waals surface area contributed by atoms with Gasteiger partial charge in [0.1, 0.15) is 5.75 Å². The maximum absolute atomic E-state index is 12.4. The van der Waals surface area contributed by atoms with Crippen LogP contribution in [0.3, 0.4) is 0 Å². The van der Waals surface area contributed by atoms with Crippen LogP contribution in [-0.4, -0.2) is 41.2 Å². The standard InChI is InChI=1S/C19H21N3O3/c1-25-18-16(3-2-10-20-18)13-21-19(24)22-11-8-15(9-12-22)14-4-6-17(23)7-5-14/h2-8,10,23H,9,11-13H2,1H3,(H,21,24). The molecule has 2 N–H and O–H groups in total. The van der Waals surface area contributed by atoms with Crippen molar-refractivity contribution in [2.45, 2.75) is 13.0 Å². The number of phenolic OH excluding ortho intramolecular Hbond substituents is 1. The third-order valence-corrected chi connectivity index (χ3v) is 4.21. The van der Waals surface area contributed by atoms with E-state index >= 15 is 0 Å². The van der Waals surface area contributed by atoms with Crippen molar-refractivity contribution in [1.82, 2.24) is 15.2 Å². The molecule has 2 amide bonds. The number of nitrogens with zero attached hydrogens (tertiary/aromatic N) is 2. The molecule has 1 aromatic carbocycles. The van der Waals surface area contributed by atoms with E-state index in [4.69, 9.17) is 4.74 Å². The predicted molar refractivity (Wildman–Crippen MR) is 95.3 cm³/mol. The number of urea groups is 1. The highest BCUT2D eigenvalue weighted by molar-refractivity contribution is 5.76. The smallest absolute Gasteiger partial charge is 0.317 e. The number of pyridine rings is 1. The second-order valence-electron chi connectivity index (χ2n) is 5.80. The van der Waals surface area contributed by atoms with Crippen molar-refractivity contribution < 1.29 is 14.6 Å². The number of hydrogen-bond donors (Lipinski definition) is 2. The lowest BCUT2D eigenvalue weighted by Gasteiger charge is -2.27. The summed E-state index contributed by atoms with van der Waals surface area (Å²) >= 11 is 0. The van der Waals surface area contributed by atoms with Crippen molar-refractivity contribution in [2.24, 2.45) is 0 Å². The summed E-state index contributed by atoms with van der Waals surface area (Å²) in [6.45, 7) is 1.59. The number of carbonyl (C=O) groups is 1. The van der Waals surface area contributed by atoms with Crippen molar-refractivity contribution in [3.8, 4) is 11.6 Å². The Balaban J connectivity index is 1.57. The van der Waals surface area contributed by atoms with Crippen LogP contribution in [-0.2, 0) is 6.54 Å². The van der Waals surface area contributed by atoms with Crippen LogP contribution >= 0.6 is 0 Å². The van der Waals surface area contributed by atoms with Gasteiger partial charge in [-0.3, -0.25) is 0 Å². The second-order valence-corrected chi connectivity index (χ2v) is 5.80. The van der Waals surface area contributed by atoms with E-state index in [0.717, 1.165) is 17.5 Å². The Kier molecular flexibility index (Phi) is 5.18. The topological polar surface area (TPSA) is 74.7 Å². The zero-order valence-corrected chi connectivity index (χ0v) is 14.1. The molecule has 0 bridgehead atoms. The molecule has 0 saturated heterocycles. The zero-order chi connectivity index (χ0) is 17.6. The van der Waals surface area contributed by atoms with Gasteiger partial charge in [0.25, 0.3) is 0 Å². The Bertz CT molecular complexity index is 772. The summed E-state index contributed by atoms with van der Waals surface area (Å²) < 4.78 is 5.19. The zero-order valence-electron chi connectivity index (χ0n) is 14.1. The van der Waals surface area contributed by atoms with Gasteiger partial charge in [0.05, 0.1) is 7.11 Å². The lowest BCUT2D eigenvalue weighted by Crippen LogP contribution is -2.41. The second kappa shape index (κ2) is 7.70. The average Bonchev–Trinajstić information content (AvgIpc) is 2.67. The molecule has 0 fully saturated rings. The van der Waals surface area contributed by atoms with Gasteiger partial charge in [0.15, 0.2) is 0 Å². The molecule has 130 valence electrons. The highest BCUT2D eigenvalue weighted by atomic mass is 16.5. The van der Waals surface area contributed by atoms with Gasteiger partial charge in [-0.2, -0.15) is 0 Å². The number of amides is 2. The van der Waals surface area contributed by atoms with Crippen LogP contribution in [0.25, 0.3) is 5.57 Å². The minimum absolute atomic E-state index is 0.105. The van der Waals surface area contributed by atoms with Crippen LogP contribution < -0.4 is 10.1 Å². The van der Waals surface area contributed by atoms with E-state index in [1.807, 2.05) is 24.3 Å². The molecule has 6 heteroatoms. The van der Waals surface area contributed by atoms with Crippen molar-refractivity contribution >= 4 is 11.6 Å². The Morgan fingerprint density at radius 2 is 2.12 bits per heavy atom. The highest BCUT2D eigenvalue weighted by Gasteiger charge is 2.18. The van der Waals surface area contributed by atoms with Crippen LogP contribution in [0.5, 0.6) is 11.6 Å². The summed E-state index contributed by atoms with van der Waals surface area (Å²) in [4.78, 5) is 18.2. The van der Waals surface area contributed by atoms with Crippen LogP contribution in [0.15, 0.2) is 48.7 Å². The molecule has 0 unspecified atom stereocenters. The van der Waals surface area contributed by atoms with Gasteiger partial charge in [-0.25, -0.2) is 9.78 Å². The third-order valence-electron chi connectivity index (χ3n) is 4.21.